The average molecular weight is 330 g/mol. The Kier molecular flexibility index (Phi) is 3.56. The number of hydrogen-bond donors (Lipinski definition) is 2. The van der Waals surface area contributed by atoms with Crippen LogP contribution in [0.3, 0.4) is 0 Å². The maximum Gasteiger partial charge on any atom is 0.148 e. The summed E-state index contributed by atoms with van der Waals surface area (Å²) >= 11 is 1.66. The molecule has 1 fully saturated rings. The molecule has 7 heteroatoms. The van der Waals surface area contributed by atoms with Crippen molar-refractivity contribution < 1.29 is 9.84 Å². The number of hydrogen-bond acceptors (Lipinski definition) is 6. The van der Waals surface area contributed by atoms with Gasteiger partial charge < -0.3 is 20.1 Å². The zero-order chi connectivity index (χ0) is 16.0. The fourth-order valence-corrected chi connectivity index (χ4v) is 4.04. The molecule has 0 spiro atoms. The third-order valence-corrected chi connectivity index (χ3v) is 5.26. The molecule has 0 aromatic carbocycles. The number of rotatable bonds is 3. The predicted molar refractivity (Wildman–Crippen MR) is 90.0 cm³/mol. The van der Waals surface area contributed by atoms with Gasteiger partial charge in [0.1, 0.15) is 24.0 Å². The van der Waals surface area contributed by atoms with Gasteiger partial charge in [0.25, 0.3) is 0 Å². The van der Waals surface area contributed by atoms with Gasteiger partial charge in [0.15, 0.2) is 0 Å². The van der Waals surface area contributed by atoms with Crippen LogP contribution in [0.1, 0.15) is 19.6 Å². The van der Waals surface area contributed by atoms with Crippen LogP contribution in [-0.2, 0) is 4.74 Å². The number of ether oxygens (including phenoxy) is 1. The molecule has 1 saturated heterocycles. The lowest BCUT2D eigenvalue weighted by molar-refractivity contribution is -0.0291. The minimum Gasteiger partial charge on any atom is -0.394 e. The summed E-state index contributed by atoms with van der Waals surface area (Å²) in [5.41, 5.74) is 7.92. The lowest BCUT2D eigenvalue weighted by Crippen LogP contribution is -2.15. The molecule has 0 unspecified atom stereocenters. The molecule has 3 aromatic heterocycles. The van der Waals surface area contributed by atoms with E-state index in [0.717, 1.165) is 27.9 Å². The number of aliphatic hydroxyl groups excluding tert-OH is 1. The fraction of sp³-hybridized carbons (Fsp3) is 0.375. The molecular weight excluding hydrogens is 312 g/mol. The van der Waals surface area contributed by atoms with E-state index in [1.807, 2.05) is 22.2 Å². The smallest absolute Gasteiger partial charge is 0.148 e. The molecule has 1 aliphatic heterocycles. The highest BCUT2D eigenvalue weighted by Crippen LogP contribution is 2.41. The summed E-state index contributed by atoms with van der Waals surface area (Å²) in [6, 6.07) is 4.07. The molecule has 0 aliphatic carbocycles. The van der Waals surface area contributed by atoms with E-state index in [4.69, 9.17) is 10.5 Å². The van der Waals surface area contributed by atoms with Crippen molar-refractivity contribution in [3.8, 4) is 10.4 Å². The molecule has 3 N–H and O–H groups in total. The highest BCUT2D eigenvalue weighted by atomic mass is 32.1. The van der Waals surface area contributed by atoms with Crippen molar-refractivity contribution in [3.05, 3.63) is 30.0 Å². The van der Waals surface area contributed by atoms with Crippen molar-refractivity contribution in [3.63, 3.8) is 0 Å². The van der Waals surface area contributed by atoms with Crippen LogP contribution >= 0.6 is 11.3 Å². The number of anilines is 1. The van der Waals surface area contributed by atoms with Gasteiger partial charge in [-0.1, -0.05) is 13.0 Å². The molecule has 3 atom stereocenters. The first kappa shape index (κ1) is 14.6. The van der Waals surface area contributed by atoms with Gasteiger partial charge >= 0.3 is 0 Å². The molecule has 23 heavy (non-hydrogen) atoms. The summed E-state index contributed by atoms with van der Waals surface area (Å²) in [5.74, 6) is 0.761. The zero-order valence-corrected chi connectivity index (χ0v) is 13.5. The SMILES string of the molecule is C[C@H]1C[C@@H](CO)O[C@H]1n1cc(-c2cccs2)c2c(N)ncnc21. The molecule has 3 aromatic rings. The Balaban J connectivity index is 1.90. The second kappa shape index (κ2) is 5.59. The lowest BCUT2D eigenvalue weighted by atomic mass is 10.1. The summed E-state index contributed by atoms with van der Waals surface area (Å²) in [6.07, 6.45) is 4.07. The minimum absolute atomic E-state index is 0.0367. The third kappa shape index (κ3) is 2.32. The van der Waals surface area contributed by atoms with E-state index >= 15 is 0 Å². The molecule has 0 bridgehead atoms. The van der Waals surface area contributed by atoms with E-state index in [9.17, 15) is 5.11 Å². The van der Waals surface area contributed by atoms with E-state index in [1.54, 1.807) is 11.3 Å². The number of nitrogens with zero attached hydrogens (tertiary/aromatic N) is 3. The minimum atomic E-state index is -0.155. The Morgan fingerprint density at radius 2 is 2.35 bits per heavy atom. The van der Waals surface area contributed by atoms with Gasteiger partial charge in [0, 0.05) is 22.6 Å². The van der Waals surface area contributed by atoms with Gasteiger partial charge in [-0.05, 0) is 17.9 Å². The maximum atomic E-state index is 9.38. The Bertz CT molecular complexity index is 830. The first-order chi connectivity index (χ1) is 11.2. The molecule has 0 radical (unpaired) electrons. The van der Waals surface area contributed by atoms with Gasteiger partial charge in [-0.3, -0.25) is 0 Å². The molecule has 4 rings (SSSR count). The third-order valence-electron chi connectivity index (χ3n) is 4.36. The topological polar surface area (TPSA) is 86.2 Å². The standard InChI is InChI=1S/C16H18N4O2S/c1-9-5-10(7-21)22-16(9)20-6-11(12-3-2-4-23-12)13-14(17)18-8-19-15(13)20/h2-4,6,8-10,16,21H,5,7H2,1H3,(H2,17,18,19)/t9-,10-,16+/m0/s1. The highest BCUT2D eigenvalue weighted by molar-refractivity contribution is 7.13. The van der Waals surface area contributed by atoms with E-state index in [0.29, 0.717) is 5.82 Å². The molecule has 0 saturated carbocycles. The highest BCUT2D eigenvalue weighted by Gasteiger charge is 2.34. The second-order valence-electron chi connectivity index (χ2n) is 5.93. The lowest BCUT2D eigenvalue weighted by Gasteiger charge is -2.18. The van der Waals surface area contributed by atoms with Gasteiger partial charge in [0.05, 0.1) is 18.1 Å². The molecule has 4 heterocycles. The molecule has 1 aliphatic rings. The quantitative estimate of drug-likeness (QED) is 0.771. The molecule has 6 nitrogen and oxygen atoms in total. The largest absolute Gasteiger partial charge is 0.394 e. The van der Waals surface area contributed by atoms with Crippen LogP contribution in [0.2, 0.25) is 0 Å². The maximum absolute atomic E-state index is 9.38. The van der Waals surface area contributed by atoms with E-state index in [-0.39, 0.29) is 24.9 Å². The Hall–Kier alpha value is -1.96. The van der Waals surface area contributed by atoms with Crippen molar-refractivity contribution in [2.45, 2.75) is 25.7 Å². The average Bonchev–Trinajstić information content (AvgIpc) is 3.25. The van der Waals surface area contributed by atoms with Crippen molar-refractivity contribution in [2.75, 3.05) is 12.3 Å². The normalized spacial score (nSPS) is 24.5. The first-order valence-corrected chi connectivity index (χ1v) is 8.48. The summed E-state index contributed by atoms with van der Waals surface area (Å²) in [6.45, 7) is 2.16. The number of nitrogens with two attached hydrogens (primary N) is 1. The summed E-state index contributed by atoms with van der Waals surface area (Å²) in [5, 5.41) is 12.3. The summed E-state index contributed by atoms with van der Waals surface area (Å²) in [4.78, 5) is 9.71. The zero-order valence-electron chi connectivity index (χ0n) is 12.7. The number of aliphatic hydroxyl groups is 1. The monoisotopic (exact) mass is 330 g/mol. The summed E-state index contributed by atoms with van der Waals surface area (Å²) < 4.78 is 8.03. The molecule has 0 amide bonds. The van der Waals surface area contributed by atoms with Crippen molar-refractivity contribution in [2.24, 2.45) is 5.92 Å². The van der Waals surface area contributed by atoms with Crippen LogP contribution in [0.4, 0.5) is 5.82 Å². The Labute approximate surface area is 137 Å². The number of nitrogen functional groups attached to an aromatic ring is 1. The van der Waals surface area contributed by atoms with E-state index in [2.05, 4.69) is 23.0 Å². The van der Waals surface area contributed by atoms with Gasteiger partial charge in [-0.2, -0.15) is 0 Å². The van der Waals surface area contributed by atoms with Crippen molar-refractivity contribution in [1.82, 2.24) is 14.5 Å². The van der Waals surface area contributed by atoms with Crippen LogP contribution in [0.5, 0.6) is 0 Å². The molecule has 120 valence electrons. The molecular formula is C16H18N4O2S. The van der Waals surface area contributed by atoms with Gasteiger partial charge in [-0.15, -0.1) is 11.3 Å². The first-order valence-electron chi connectivity index (χ1n) is 7.60. The van der Waals surface area contributed by atoms with Crippen LogP contribution < -0.4 is 5.73 Å². The van der Waals surface area contributed by atoms with Crippen LogP contribution in [0.15, 0.2) is 30.0 Å². The fourth-order valence-electron chi connectivity index (χ4n) is 3.30. The van der Waals surface area contributed by atoms with Crippen LogP contribution in [-0.4, -0.2) is 32.4 Å². The van der Waals surface area contributed by atoms with Crippen molar-refractivity contribution >= 4 is 28.2 Å². The van der Waals surface area contributed by atoms with Crippen molar-refractivity contribution in [1.29, 1.82) is 0 Å². The van der Waals surface area contributed by atoms with E-state index < -0.39 is 0 Å². The van der Waals surface area contributed by atoms with E-state index in [1.165, 1.54) is 6.33 Å². The van der Waals surface area contributed by atoms with Crippen LogP contribution in [0.25, 0.3) is 21.5 Å². The number of aromatic nitrogens is 3. The Morgan fingerprint density at radius 3 is 3.04 bits per heavy atom. The predicted octanol–water partition coefficient (Wildman–Crippen LogP) is 2.66. The Morgan fingerprint density at radius 1 is 1.48 bits per heavy atom. The number of fused-ring (bicyclic) bond motifs is 1. The van der Waals surface area contributed by atoms with Crippen LogP contribution in [0, 0.1) is 5.92 Å². The number of thiophene rings is 1. The van der Waals surface area contributed by atoms with Gasteiger partial charge in [0.2, 0.25) is 0 Å². The van der Waals surface area contributed by atoms with Gasteiger partial charge in [-0.25, -0.2) is 9.97 Å². The second-order valence-corrected chi connectivity index (χ2v) is 6.88. The summed E-state index contributed by atoms with van der Waals surface area (Å²) in [7, 11) is 0.